The van der Waals surface area contributed by atoms with Crippen LogP contribution in [0.15, 0.2) is 18.2 Å². The van der Waals surface area contributed by atoms with E-state index in [0.29, 0.717) is 36.8 Å². The summed E-state index contributed by atoms with van der Waals surface area (Å²) in [5, 5.41) is 11.8. The van der Waals surface area contributed by atoms with Gasteiger partial charge in [-0.05, 0) is 32.4 Å². The first-order valence-electron chi connectivity index (χ1n) is 7.26. The molecule has 0 aromatic heterocycles. The molecule has 0 saturated carbocycles. The standard InChI is InChI=1S/C16H22N2O3/c1-4-7-12(11-17)16(19)18-14-10-13(20-5-2)8-9-15(14)21-6-3/h8-10,12H,4-7H2,1-3H3,(H,18,19). The Kier molecular flexibility index (Phi) is 7.10. The van der Waals surface area contributed by atoms with E-state index >= 15 is 0 Å². The summed E-state index contributed by atoms with van der Waals surface area (Å²) in [7, 11) is 0. The van der Waals surface area contributed by atoms with E-state index in [1.54, 1.807) is 18.2 Å². The minimum Gasteiger partial charge on any atom is -0.494 e. The van der Waals surface area contributed by atoms with Crippen LogP contribution in [0.1, 0.15) is 33.6 Å². The summed E-state index contributed by atoms with van der Waals surface area (Å²) < 4.78 is 10.9. The first-order chi connectivity index (χ1) is 10.2. The molecule has 0 aliphatic rings. The summed E-state index contributed by atoms with van der Waals surface area (Å²) in [6, 6.07) is 7.29. The normalized spacial score (nSPS) is 11.3. The van der Waals surface area contributed by atoms with Gasteiger partial charge in [0.15, 0.2) is 0 Å². The van der Waals surface area contributed by atoms with Crippen LogP contribution in [0.2, 0.25) is 0 Å². The van der Waals surface area contributed by atoms with Crippen LogP contribution in [-0.2, 0) is 4.79 Å². The van der Waals surface area contributed by atoms with E-state index in [1.807, 2.05) is 26.8 Å². The maximum Gasteiger partial charge on any atom is 0.241 e. The lowest BCUT2D eigenvalue weighted by atomic mass is 10.0. The van der Waals surface area contributed by atoms with Crippen molar-refractivity contribution in [1.82, 2.24) is 0 Å². The SMILES string of the molecule is CCCC(C#N)C(=O)Nc1cc(OCC)ccc1OCC. The molecule has 1 atom stereocenters. The molecule has 0 radical (unpaired) electrons. The maximum absolute atomic E-state index is 12.1. The number of rotatable bonds is 8. The lowest BCUT2D eigenvalue weighted by molar-refractivity contribution is -0.118. The van der Waals surface area contributed by atoms with Crippen LogP contribution >= 0.6 is 0 Å². The number of anilines is 1. The third-order valence-electron chi connectivity index (χ3n) is 2.87. The predicted octanol–water partition coefficient (Wildman–Crippen LogP) is 3.36. The van der Waals surface area contributed by atoms with Gasteiger partial charge < -0.3 is 14.8 Å². The third-order valence-corrected chi connectivity index (χ3v) is 2.87. The second-order valence-electron chi connectivity index (χ2n) is 4.48. The highest BCUT2D eigenvalue weighted by Gasteiger charge is 2.18. The van der Waals surface area contributed by atoms with E-state index in [0.717, 1.165) is 6.42 Å². The summed E-state index contributed by atoms with van der Waals surface area (Å²) in [4.78, 5) is 12.1. The van der Waals surface area contributed by atoms with Gasteiger partial charge in [0.2, 0.25) is 5.91 Å². The van der Waals surface area contributed by atoms with Crippen molar-refractivity contribution >= 4 is 11.6 Å². The number of nitriles is 1. The number of benzene rings is 1. The summed E-state index contributed by atoms with van der Waals surface area (Å²) in [5.41, 5.74) is 0.532. The number of hydrogen-bond donors (Lipinski definition) is 1. The number of hydrogen-bond acceptors (Lipinski definition) is 4. The van der Waals surface area contributed by atoms with Gasteiger partial charge in [-0.2, -0.15) is 5.26 Å². The fraction of sp³-hybridized carbons (Fsp3) is 0.500. The molecule has 5 heteroatoms. The van der Waals surface area contributed by atoms with Crippen LogP contribution < -0.4 is 14.8 Å². The van der Waals surface area contributed by atoms with Gasteiger partial charge >= 0.3 is 0 Å². The van der Waals surface area contributed by atoms with Crippen LogP contribution in [0.3, 0.4) is 0 Å². The Hall–Kier alpha value is -2.22. The van der Waals surface area contributed by atoms with E-state index in [1.165, 1.54) is 0 Å². The molecule has 1 unspecified atom stereocenters. The molecule has 0 fully saturated rings. The quantitative estimate of drug-likeness (QED) is 0.797. The number of carbonyl (C=O) groups is 1. The molecule has 1 N–H and O–H groups in total. The van der Waals surface area contributed by atoms with Crippen LogP contribution in [0.4, 0.5) is 5.69 Å². The topological polar surface area (TPSA) is 71.4 Å². The van der Waals surface area contributed by atoms with Crippen molar-refractivity contribution in [3.63, 3.8) is 0 Å². The fourth-order valence-electron chi connectivity index (χ4n) is 1.91. The van der Waals surface area contributed by atoms with E-state index in [2.05, 4.69) is 5.32 Å². The highest BCUT2D eigenvalue weighted by Crippen LogP contribution is 2.30. The van der Waals surface area contributed by atoms with Gasteiger partial charge in [0.1, 0.15) is 17.4 Å². The average molecular weight is 290 g/mol. The Morgan fingerprint density at radius 3 is 2.57 bits per heavy atom. The van der Waals surface area contributed by atoms with Gasteiger partial charge in [0, 0.05) is 6.07 Å². The molecule has 1 rings (SSSR count). The van der Waals surface area contributed by atoms with Gasteiger partial charge in [0.05, 0.1) is 25.0 Å². The highest BCUT2D eigenvalue weighted by molar-refractivity contribution is 5.95. The lowest BCUT2D eigenvalue weighted by Gasteiger charge is -2.15. The second kappa shape index (κ2) is 8.85. The van der Waals surface area contributed by atoms with Crippen LogP contribution in [-0.4, -0.2) is 19.1 Å². The summed E-state index contributed by atoms with van der Waals surface area (Å²) in [5.74, 6) is 0.261. The maximum atomic E-state index is 12.1. The molecule has 1 amide bonds. The predicted molar refractivity (Wildman–Crippen MR) is 81.4 cm³/mol. The fourth-order valence-corrected chi connectivity index (χ4v) is 1.91. The molecular weight excluding hydrogens is 268 g/mol. The molecular formula is C16H22N2O3. The van der Waals surface area contributed by atoms with Crippen molar-refractivity contribution in [1.29, 1.82) is 5.26 Å². The molecule has 0 aliphatic carbocycles. The number of carbonyl (C=O) groups excluding carboxylic acids is 1. The minimum absolute atomic E-state index is 0.311. The van der Waals surface area contributed by atoms with E-state index in [9.17, 15) is 4.79 Å². The van der Waals surface area contributed by atoms with E-state index in [4.69, 9.17) is 14.7 Å². The molecule has 5 nitrogen and oxygen atoms in total. The number of amides is 1. The van der Waals surface area contributed by atoms with Gasteiger partial charge in [-0.25, -0.2) is 0 Å². The molecule has 0 bridgehead atoms. The number of nitrogens with one attached hydrogen (secondary N) is 1. The Morgan fingerprint density at radius 2 is 2.00 bits per heavy atom. The highest BCUT2D eigenvalue weighted by atomic mass is 16.5. The Bertz CT molecular complexity index is 509. The zero-order valence-corrected chi connectivity index (χ0v) is 12.8. The summed E-state index contributed by atoms with van der Waals surface area (Å²) >= 11 is 0. The number of ether oxygens (including phenoxy) is 2. The minimum atomic E-state index is -0.653. The van der Waals surface area contributed by atoms with Gasteiger partial charge in [-0.1, -0.05) is 13.3 Å². The molecule has 0 saturated heterocycles. The van der Waals surface area contributed by atoms with Crippen molar-refractivity contribution in [3.8, 4) is 17.6 Å². The van der Waals surface area contributed by atoms with Crippen molar-refractivity contribution in [2.45, 2.75) is 33.6 Å². The van der Waals surface area contributed by atoms with Crippen molar-refractivity contribution < 1.29 is 14.3 Å². The largest absolute Gasteiger partial charge is 0.494 e. The molecule has 1 aromatic rings. The zero-order chi connectivity index (χ0) is 15.7. The molecule has 21 heavy (non-hydrogen) atoms. The van der Waals surface area contributed by atoms with Gasteiger partial charge in [0.25, 0.3) is 0 Å². The Morgan fingerprint density at radius 1 is 1.29 bits per heavy atom. The van der Waals surface area contributed by atoms with Crippen LogP contribution in [0, 0.1) is 17.2 Å². The van der Waals surface area contributed by atoms with Gasteiger partial charge in [-0.3, -0.25) is 4.79 Å². The van der Waals surface area contributed by atoms with E-state index < -0.39 is 5.92 Å². The van der Waals surface area contributed by atoms with Crippen molar-refractivity contribution in [2.24, 2.45) is 5.92 Å². The van der Waals surface area contributed by atoms with Crippen molar-refractivity contribution in [2.75, 3.05) is 18.5 Å². The molecule has 114 valence electrons. The molecule has 0 aliphatic heterocycles. The number of nitrogens with zero attached hydrogens (tertiary/aromatic N) is 1. The first-order valence-corrected chi connectivity index (χ1v) is 7.26. The first kappa shape index (κ1) is 16.8. The summed E-state index contributed by atoms with van der Waals surface area (Å²) in [6.45, 7) is 6.74. The molecule has 0 heterocycles. The van der Waals surface area contributed by atoms with E-state index in [-0.39, 0.29) is 5.91 Å². The third kappa shape index (κ3) is 4.99. The Balaban J connectivity index is 2.95. The monoisotopic (exact) mass is 290 g/mol. The summed E-state index contributed by atoms with van der Waals surface area (Å²) in [6.07, 6.45) is 1.32. The van der Waals surface area contributed by atoms with Gasteiger partial charge in [-0.15, -0.1) is 0 Å². The second-order valence-corrected chi connectivity index (χ2v) is 4.48. The zero-order valence-electron chi connectivity index (χ0n) is 12.8. The molecule has 1 aromatic carbocycles. The smallest absolute Gasteiger partial charge is 0.241 e. The van der Waals surface area contributed by atoms with Crippen LogP contribution in [0.25, 0.3) is 0 Å². The average Bonchev–Trinajstić information content (AvgIpc) is 2.47. The lowest BCUT2D eigenvalue weighted by Crippen LogP contribution is -2.22. The molecule has 0 spiro atoms. The Labute approximate surface area is 125 Å². The van der Waals surface area contributed by atoms with Crippen LogP contribution in [0.5, 0.6) is 11.5 Å². The van der Waals surface area contributed by atoms with Crippen molar-refractivity contribution in [3.05, 3.63) is 18.2 Å².